The lowest BCUT2D eigenvalue weighted by molar-refractivity contribution is 0.0946. The maximum absolute atomic E-state index is 9.26. The summed E-state index contributed by atoms with van der Waals surface area (Å²) >= 11 is 0. The van der Waals surface area contributed by atoms with Crippen molar-refractivity contribution in [3.63, 3.8) is 0 Å². The van der Waals surface area contributed by atoms with Crippen LogP contribution in [0.15, 0.2) is 30.3 Å². The molecule has 1 aliphatic heterocycles. The lowest BCUT2D eigenvalue weighted by Crippen LogP contribution is -2.52. The number of rotatable bonds is 3. The zero-order valence-corrected chi connectivity index (χ0v) is 8.89. The summed E-state index contributed by atoms with van der Waals surface area (Å²) in [7, 11) is 0. The van der Waals surface area contributed by atoms with E-state index < -0.39 is 0 Å². The van der Waals surface area contributed by atoms with Gasteiger partial charge < -0.3 is 10.4 Å². The smallest absolute Gasteiger partial charge is 0.0599 e. The highest BCUT2D eigenvalue weighted by Crippen LogP contribution is 2.09. The Morgan fingerprint density at radius 2 is 2.13 bits per heavy atom. The van der Waals surface area contributed by atoms with E-state index in [1.165, 1.54) is 5.56 Å². The van der Waals surface area contributed by atoms with Crippen LogP contribution in [-0.2, 0) is 6.54 Å². The maximum atomic E-state index is 9.26. The maximum Gasteiger partial charge on any atom is 0.0599 e. The van der Waals surface area contributed by atoms with Crippen LogP contribution in [0.5, 0.6) is 0 Å². The Labute approximate surface area is 90.7 Å². The molecule has 1 aromatic rings. The van der Waals surface area contributed by atoms with Crippen molar-refractivity contribution in [2.75, 3.05) is 26.2 Å². The number of hydrogen-bond acceptors (Lipinski definition) is 3. The largest absolute Gasteiger partial charge is 0.395 e. The molecule has 0 aliphatic carbocycles. The molecule has 82 valence electrons. The Bertz CT molecular complexity index is 289. The van der Waals surface area contributed by atoms with Crippen LogP contribution in [0.25, 0.3) is 0 Å². The van der Waals surface area contributed by atoms with E-state index in [2.05, 4.69) is 34.5 Å². The highest BCUT2D eigenvalue weighted by Gasteiger charge is 2.20. The number of nitrogens with one attached hydrogen (secondary N) is 1. The zero-order chi connectivity index (χ0) is 10.5. The van der Waals surface area contributed by atoms with Gasteiger partial charge in [0.25, 0.3) is 0 Å². The fraction of sp³-hybridized carbons (Fsp3) is 0.500. The van der Waals surface area contributed by atoms with Crippen LogP contribution in [-0.4, -0.2) is 42.3 Å². The van der Waals surface area contributed by atoms with Gasteiger partial charge in [0.05, 0.1) is 6.61 Å². The van der Waals surface area contributed by atoms with Gasteiger partial charge >= 0.3 is 0 Å². The van der Waals surface area contributed by atoms with Crippen molar-refractivity contribution in [1.29, 1.82) is 0 Å². The topological polar surface area (TPSA) is 35.5 Å². The van der Waals surface area contributed by atoms with Gasteiger partial charge in [-0.3, -0.25) is 4.90 Å². The van der Waals surface area contributed by atoms with E-state index in [9.17, 15) is 5.11 Å². The van der Waals surface area contributed by atoms with Gasteiger partial charge in [0, 0.05) is 32.2 Å². The van der Waals surface area contributed by atoms with E-state index >= 15 is 0 Å². The molecule has 1 saturated heterocycles. The molecular formula is C12H18N2O. The number of benzene rings is 1. The predicted octanol–water partition coefficient (Wildman–Crippen LogP) is 0.453. The molecule has 1 aliphatic rings. The van der Waals surface area contributed by atoms with E-state index in [1.54, 1.807) is 0 Å². The Morgan fingerprint density at radius 3 is 2.87 bits per heavy atom. The summed E-state index contributed by atoms with van der Waals surface area (Å²) in [4.78, 5) is 2.34. The first kappa shape index (κ1) is 10.6. The number of nitrogens with zero attached hydrogens (tertiary/aromatic N) is 1. The second-order valence-electron chi connectivity index (χ2n) is 4.00. The number of aliphatic hydroxyl groups excluding tert-OH is 1. The van der Waals surface area contributed by atoms with E-state index in [-0.39, 0.29) is 12.6 Å². The van der Waals surface area contributed by atoms with Crippen LogP contribution < -0.4 is 5.32 Å². The van der Waals surface area contributed by atoms with Crippen molar-refractivity contribution < 1.29 is 5.11 Å². The number of hydrogen-bond donors (Lipinski definition) is 2. The van der Waals surface area contributed by atoms with Crippen LogP contribution in [0.3, 0.4) is 0 Å². The van der Waals surface area contributed by atoms with Crippen molar-refractivity contribution in [3.8, 4) is 0 Å². The third-order valence-corrected chi connectivity index (χ3v) is 2.91. The molecule has 0 spiro atoms. The summed E-state index contributed by atoms with van der Waals surface area (Å²) in [6.45, 7) is 4.10. The molecule has 2 N–H and O–H groups in total. The molecule has 3 heteroatoms. The summed E-state index contributed by atoms with van der Waals surface area (Å²) in [6.07, 6.45) is 0. The van der Waals surface area contributed by atoms with Gasteiger partial charge in [-0.05, 0) is 5.56 Å². The summed E-state index contributed by atoms with van der Waals surface area (Å²) in [5, 5.41) is 12.6. The van der Waals surface area contributed by atoms with Crippen LogP contribution in [0.1, 0.15) is 5.56 Å². The SMILES string of the molecule is OC[C@@H]1CNCCN1Cc1ccccc1. The molecular weight excluding hydrogens is 188 g/mol. The minimum absolute atomic E-state index is 0.236. The molecule has 0 bridgehead atoms. The van der Waals surface area contributed by atoms with Crippen molar-refractivity contribution in [3.05, 3.63) is 35.9 Å². The van der Waals surface area contributed by atoms with Crippen molar-refractivity contribution >= 4 is 0 Å². The number of aliphatic hydroxyl groups is 1. The van der Waals surface area contributed by atoms with Gasteiger partial charge in [0.15, 0.2) is 0 Å². The predicted molar refractivity (Wildman–Crippen MR) is 60.6 cm³/mol. The summed E-state index contributed by atoms with van der Waals surface area (Å²) in [5.74, 6) is 0. The Balaban J connectivity index is 1.97. The molecule has 0 saturated carbocycles. The van der Waals surface area contributed by atoms with Gasteiger partial charge in [0.1, 0.15) is 0 Å². The molecule has 0 unspecified atom stereocenters. The van der Waals surface area contributed by atoms with Gasteiger partial charge in [-0.15, -0.1) is 0 Å². The molecule has 0 radical (unpaired) electrons. The molecule has 15 heavy (non-hydrogen) atoms. The standard InChI is InChI=1S/C12H18N2O/c15-10-12-8-13-6-7-14(12)9-11-4-2-1-3-5-11/h1-5,12-13,15H,6-10H2/t12-/m0/s1. The van der Waals surface area contributed by atoms with Gasteiger partial charge in [-0.25, -0.2) is 0 Å². The molecule has 2 rings (SSSR count). The van der Waals surface area contributed by atoms with Gasteiger partial charge in [-0.1, -0.05) is 30.3 Å². The first-order valence-electron chi connectivity index (χ1n) is 5.49. The fourth-order valence-electron chi connectivity index (χ4n) is 2.01. The zero-order valence-electron chi connectivity index (χ0n) is 8.89. The van der Waals surface area contributed by atoms with E-state index in [0.717, 1.165) is 26.2 Å². The monoisotopic (exact) mass is 206 g/mol. The van der Waals surface area contributed by atoms with Crippen LogP contribution in [0.2, 0.25) is 0 Å². The molecule has 3 nitrogen and oxygen atoms in total. The summed E-state index contributed by atoms with van der Waals surface area (Å²) in [5.41, 5.74) is 1.32. The van der Waals surface area contributed by atoms with Gasteiger partial charge in [0.2, 0.25) is 0 Å². The first-order valence-corrected chi connectivity index (χ1v) is 5.49. The van der Waals surface area contributed by atoms with Crippen molar-refractivity contribution in [1.82, 2.24) is 10.2 Å². The average molecular weight is 206 g/mol. The lowest BCUT2D eigenvalue weighted by Gasteiger charge is -2.35. The van der Waals surface area contributed by atoms with Crippen LogP contribution in [0.4, 0.5) is 0 Å². The van der Waals surface area contributed by atoms with Crippen LogP contribution >= 0.6 is 0 Å². The quantitative estimate of drug-likeness (QED) is 0.754. The number of piperazine rings is 1. The third-order valence-electron chi connectivity index (χ3n) is 2.91. The van der Waals surface area contributed by atoms with Crippen LogP contribution in [0, 0.1) is 0 Å². The summed E-state index contributed by atoms with van der Waals surface area (Å²) in [6, 6.07) is 10.7. The molecule has 0 aromatic heterocycles. The Morgan fingerprint density at radius 1 is 1.33 bits per heavy atom. The van der Waals surface area contributed by atoms with E-state index in [4.69, 9.17) is 0 Å². The Hall–Kier alpha value is -0.900. The summed E-state index contributed by atoms with van der Waals surface area (Å²) < 4.78 is 0. The minimum atomic E-state index is 0.236. The molecule has 1 aromatic carbocycles. The fourth-order valence-corrected chi connectivity index (χ4v) is 2.01. The molecule has 1 atom stereocenters. The van der Waals surface area contributed by atoms with Gasteiger partial charge in [-0.2, -0.15) is 0 Å². The second kappa shape index (κ2) is 5.26. The minimum Gasteiger partial charge on any atom is -0.395 e. The highest BCUT2D eigenvalue weighted by atomic mass is 16.3. The Kier molecular flexibility index (Phi) is 3.72. The first-order chi connectivity index (χ1) is 7.40. The van der Waals surface area contributed by atoms with Crippen molar-refractivity contribution in [2.45, 2.75) is 12.6 Å². The van der Waals surface area contributed by atoms with Crippen molar-refractivity contribution in [2.24, 2.45) is 0 Å². The highest BCUT2D eigenvalue weighted by molar-refractivity contribution is 5.14. The average Bonchev–Trinajstić information content (AvgIpc) is 2.31. The second-order valence-corrected chi connectivity index (χ2v) is 4.00. The molecule has 1 heterocycles. The van der Waals surface area contributed by atoms with E-state index in [1.807, 2.05) is 6.07 Å². The lowest BCUT2D eigenvalue weighted by atomic mass is 10.1. The van der Waals surface area contributed by atoms with E-state index in [0.29, 0.717) is 0 Å². The molecule has 1 fully saturated rings. The molecule has 0 amide bonds. The normalized spacial score (nSPS) is 22.9. The third kappa shape index (κ3) is 2.78.